The molecule has 8 nitrogen and oxygen atoms in total. The highest BCUT2D eigenvalue weighted by Gasteiger charge is 2.33. The summed E-state index contributed by atoms with van der Waals surface area (Å²) in [5, 5.41) is 6.89. The molecule has 1 atom stereocenters. The zero-order chi connectivity index (χ0) is 20.8. The highest BCUT2D eigenvalue weighted by molar-refractivity contribution is 5.96. The molecule has 1 N–H and O–H groups in total. The Kier molecular flexibility index (Phi) is 6.87. The predicted octanol–water partition coefficient (Wildman–Crippen LogP) is 2.02. The molecule has 1 aromatic carbocycles. The molecule has 156 valence electrons. The highest BCUT2D eigenvalue weighted by atomic mass is 16.5. The topological polar surface area (TPSA) is 87.9 Å². The molecule has 2 aromatic rings. The van der Waals surface area contributed by atoms with Crippen molar-refractivity contribution in [1.82, 2.24) is 20.3 Å². The first kappa shape index (κ1) is 20.9. The molecule has 1 saturated heterocycles. The number of methoxy groups -OCH3 is 1. The summed E-state index contributed by atoms with van der Waals surface area (Å²) in [4.78, 5) is 29.3. The summed E-state index contributed by atoms with van der Waals surface area (Å²) in [7, 11) is 5.51. The molecule has 1 fully saturated rings. The van der Waals surface area contributed by atoms with Gasteiger partial charge in [0.15, 0.2) is 11.5 Å². The van der Waals surface area contributed by atoms with Gasteiger partial charge in [0, 0.05) is 31.3 Å². The van der Waals surface area contributed by atoms with E-state index in [0.717, 1.165) is 30.7 Å². The number of hydrogen-bond donors (Lipinski definition) is 1. The molecular weight excluding hydrogens is 372 g/mol. The zero-order valence-corrected chi connectivity index (χ0v) is 17.2. The Morgan fingerprint density at radius 3 is 2.72 bits per heavy atom. The van der Waals surface area contributed by atoms with E-state index in [4.69, 9.17) is 9.26 Å². The maximum Gasteiger partial charge on any atom is 0.276 e. The van der Waals surface area contributed by atoms with Gasteiger partial charge in [-0.2, -0.15) is 0 Å². The number of rotatable bonds is 7. The van der Waals surface area contributed by atoms with E-state index >= 15 is 0 Å². The number of nitrogens with zero attached hydrogens (tertiary/aromatic N) is 3. The summed E-state index contributed by atoms with van der Waals surface area (Å²) in [6.07, 6.45) is 2.45. The normalized spacial score (nSPS) is 16.7. The van der Waals surface area contributed by atoms with Crippen LogP contribution in [0.4, 0.5) is 0 Å². The number of likely N-dealkylation sites (N-methyl/N-ethyl adjacent to an activating group) is 1. The Labute approximate surface area is 170 Å². The number of ether oxygens (including phenoxy) is 1. The van der Waals surface area contributed by atoms with Crippen LogP contribution in [0.2, 0.25) is 0 Å². The summed E-state index contributed by atoms with van der Waals surface area (Å²) < 4.78 is 10.5. The molecule has 0 bridgehead atoms. The number of likely N-dealkylation sites (tertiary alicyclic amines) is 1. The van der Waals surface area contributed by atoms with Crippen LogP contribution in [0, 0.1) is 0 Å². The van der Waals surface area contributed by atoms with Gasteiger partial charge in [0.2, 0.25) is 5.91 Å². The average Bonchev–Trinajstić information content (AvgIpc) is 3.23. The Morgan fingerprint density at radius 1 is 1.28 bits per heavy atom. The smallest absolute Gasteiger partial charge is 0.276 e. The van der Waals surface area contributed by atoms with Gasteiger partial charge in [-0.15, -0.1) is 0 Å². The Hall–Kier alpha value is -2.87. The highest BCUT2D eigenvalue weighted by Crippen LogP contribution is 2.25. The zero-order valence-electron chi connectivity index (χ0n) is 17.2. The van der Waals surface area contributed by atoms with Crippen molar-refractivity contribution in [3.63, 3.8) is 0 Å². The monoisotopic (exact) mass is 400 g/mol. The van der Waals surface area contributed by atoms with Gasteiger partial charge < -0.3 is 24.4 Å². The van der Waals surface area contributed by atoms with Gasteiger partial charge in [-0.05, 0) is 57.6 Å². The van der Waals surface area contributed by atoms with Crippen LogP contribution in [0.1, 0.15) is 29.8 Å². The van der Waals surface area contributed by atoms with Gasteiger partial charge in [-0.1, -0.05) is 5.16 Å². The van der Waals surface area contributed by atoms with E-state index in [1.807, 2.05) is 43.3 Å². The van der Waals surface area contributed by atoms with Crippen molar-refractivity contribution >= 4 is 11.8 Å². The van der Waals surface area contributed by atoms with Crippen molar-refractivity contribution < 1.29 is 18.8 Å². The van der Waals surface area contributed by atoms with E-state index in [2.05, 4.69) is 10.5 Å². The van der Waals surface area contributed by atoms with Crippen molar-refractivity contribution in [3.05, 3.63) is 36.0 Å². The maximum absolute atomic E-state index is 13.0. The van der Waals surface area contributed by atoms with Gasteiger partial charge >= 0.3 is 0 Å². The van der Waals surface area contributed by atoms with E-state index in [1.165, 1.54) is 0 Å². The molecule has 3 rings (SSSR count). The molecule has 0 saturated carbocycles. The predicted molar refractivity (Wildman–Crippen MR) is 109 cm³/mol. The molecule has 0 spiro atoms. The van der Waals surface area contributed by atoms with Crippen LogP contribution in [0.5, 0.6) is 5.75 Å². The number of nitrogens with one attached hydrogen (secondary N) is 1. The van der Waals surface area contributed by atoms with Crippen LogP contribution >= 0.6 is 0 Å². The fraction of sp³-hybridized carbons (Fsp3) is 0.476. The fourth-order valence-electron chi connectivity index (χ4n) is 3.38. The average molecular weight is 400 g/mol. The van der Waals surface area contributed by atoms with Crippen molar-refractivity contribution in [1.29, 1.82) is 0 Å². The molecule has 1 aliphatic rings. The number of carbonyl (C=O) groups is 2. The lowest BCUT2D eigenvalue weighted by atomic mass is 10.0. The summed E-state index contributed by atoms with van der Waals surface area (Å²) in [5.41, 5.74) is 1.01. The van der Waals surface area contributed by atoms with E-state index in [1.54, 1.807) is 18.1 Å². The van der Waals surface area contributed by atoms with E-state index in [0.29, 0.717) is 25.3 Å². The SMILES string of the molecule is COc1ccc(-c2cc(C(=O)N3CCCC[C@H]3C(=O)NCCN(C)C)no2)cc1. The number of carbonyl (C=O) groups excluding carboxylic acids is 2. The van der Waals surface area contributed by atoms with Crippen molar-refractivity contribution in [2.24, 2.45) is 0 Å². The first-order valence-corrected chi connectivity index (χ1v) is 9.84. The second kappa shape index (κ2) is 9.56. The minimum Gasteiger partial charge on any atom is -0.497 e. The van der Waals surface area contributed by atoms with Crippen LogP contribution < -0.4 is 10.1 Å². The lowest BCUT2D eigenvalue weighted by Crippen LogP contribution is -2.52. The molecule has 2 heterocycles. The molecule has 1 aliphatic heterocycles. The third kappa shape index (κ3) is 5.14. The van der Waals surface area contributed by atoms with Crippen molar-refractivity contribution in [2.45, 2.75) is 25.3 Å². The van der Waals surface area contributed by atoms with Crippen LogP contribution in [-0.2, 0) is 4.79 Å². The van der Waals surface area contributed by atoms with Crippen LogP contribution in [-0.4, -0.2) is 73.7 Å². The van der Waals surface area contributed by atoms with Crippen molar-refractivity contribution in [3.8, 4) is 17.1 Å². The Morgan fingerprint density at radius 2 is 2.03 bits per heavy atom. The van der Waals surface area contributed by atoms with Crippen molar-refractivity contribution in [2.75, 3.05) is 40.8 Å². The largest absolute Gasteiger partial charge is 0.497 e. The molecule has 0 aliphatic carbocycles. The molecular formula is C21H28N4O4. The lowest BCUT2D eigenvalue weighted by molar-refractivity contribution is -0.126. The summed E-state index contributed by atoms with van der Waals surface area (Å²) in [5.74, 6) is 0.848. The molecule has 0 unspecified atom stereocenters. The number of amides is 2. The third-order valence-corrected chi connectivity index (χ3v) is 5.03. The van der Waals surface area contributed by atoms with E-state index < -0.39 is 6.04 Å². The standard InChI is InChI=1S/C21H28N4O4/c1-24(2)13-11-22-20(26)18-6-4-5-12-25(18)21(27)17-14-19(29-23-17)15-7-9-16(28-3)10-8-15/h7-10,14,18H,4-6,11-13H2,1-3H3,(H,22,26)/t18-/m0/s1. The number of aromatic nitrogens is 1. The molecule has 29 heavy (non-hydrogen) atoms. The van der Waals surface area contributed by atoms with Crippen LogP contribution in [0.3, 0.4) is 0 Å². The third-order valence-electron chi connectivity index (χ3n) is 5.03. The number of benzene rings is 1. The van der Waals surface area contributed by atoms with Crippen LogP contribution in [0.15, 0.2) is 34.9 Å². The maximum atomic E-state index is 13.0. The summed E-state index contributed by atoms with van der Waals surface area (Å²) in [6.45, 7) is 1.84. The molecule has 8 heteroatoms. The van der Waals surface area contributed by atoms with Gasteiger partial charge in [0.1, 0.15) is 11.8 Å². The quantitative estimate of drug-likeness (QED) is 0.765. The number of hydrogen-bond acceptors (Lipinski definition) is 6. The van der Waals surface area contributed by atoms with Gasteiger partial charge in [-0.25, -0.2) is 0 Å². The first-order valence-electron chi connectivity index (χ1n) is 9.84. The minimum atomic E-state index is -0.473. The van der Waals surface area contributed by atoms with Crippen LogP contribution in [0.25, 0.3) is 11.3 Å². The second-order valence-electron chi connectivity index (χ2n) is 7.41. The Balaban J connectivity index is 1.70. The van der Waals surface area contributed by atoms with Gasteiger partial charge in [0.05, 0.1) is 7.11 Å². The first-order chi connectivity index (χ1) is 14.0. The Bertz CT molecular complexity index is 831. The number of piperidine rings is 1. The van der Waals surface area contributed by atoms with Gasteiger partial charge in [0.25, 0.3) is 5.91 Å². The fourth-order valence-corrected chi connectivity index (χ4v) is 3.38. The van der Waals surface area contributed by atoms with E-state index in [-0.39, 0.29) is 17.5 Å². The second-order valence-corrected chi connectivity index (χ2v) is 7.41. The summed E-state index contributed by atoms with van der Waals surface area (Å²) in [6, 6.07) is 8.47. The molecule has 1 aromatic heterocycles. The summed E-state index contributed by atoms with van der Waals surface area (Å²) >= 11 is 0. The van der Waals surface area contributed by atoms with E-state index in [9.17, 15) is 9.59 Å². The lowest BCUT2D eigenvalue weighted by Gasteiger charge is -2.34. The minimum absolute atomic E-state index is 0.112. The molecule has 2 amide bonds. The molecule has 0 radical (unpaired) electrons. The van der Waals surface area contributed by atoms with Gasteiger partial charge in [-0.3, -0.25) is 9.59 Å².